The topological polar surface area (TPSA) is 43.0 Å². The van der Waals surface area contributed by atoms with Crippen LogP contribution in [0.15, 0.2) is 36.4 Å². The van der Waals surface area contributed by atoms with E-state index in [0.29, 0.717) is 11.6 Å². The standard InChI is InChI=1S/C21H25ClN2O3/c1-2-25-18-7-5-16(22)13-17(18)21(24-10-3-8-23-9-11-24)15-4-6-19-20(12-15)27-14-26-19/h4-7,12-13,21,23H,2-3,8-11,14H2,1H3. The van der Waals surface area contributed by atoms with Crippen molar-refractivity contribution in [2.45, 2.75) is 19.4 Å². The van der Waals surface area contributed by atoms with E-state index in [-0.39, 0.29) is 12.8 Å². The molecule has 144 valence electrons. The Morgan fingerprint density at radius 1 is 1.11 bits per heavy atom. The van der Waals surface area contributed by atoms with Gasteiger partial charge >= 0.3 is 0 Å². The summed E-state index contributed by atoms with van der Waals surface area (Å²) in [7, 11) is 0. The summed E-state index contributed by atoms with van der Waals surface area (Å²) in [4.78, 5) is 2.49. The molecule has 5 nitrogen and oxygen atoms in total. The van der Waals surface area contributed by atoms with Gasteiger partial charge in [0.05, 0.1) is 12.6 Å². The molecule has 0 aliphatic carbocycles. The van der Waals surface area contributed by atoms with E-state index in [4.69, 9.17) is 25.8 Å². The van der Waals surface area contributed by atoms with Gasteiger partial charge in [-0.05, 0) is 55.8 Å². The SMILES string of the molecule is CCOc1ccc(Cl)cc1C(c1ccc2c(c1)OCO2)N1CCCNCC1. The molecule has 2 aromatic carbocycles. The first-order valence-electron chi connectivity index (χ1n) is 9.53. The molecule has 0 spiro atoms. The molecule has 0 amide bonds. The zero-order valence-corrected chi connectivity index (χ0v) is 16.3. The van der Waals surface area contributed by atoms with Gasteiger partial charge in [0, 0.05) is 30.2 Å². The van der Waals surface area contributed by atoms with E-state index >= 15 is 0 Å². The summed E-state index contributed by atoms with van der Waals surface area (Å²) < 4.78 is 17.1. The molecule has 2 aliphatic rings. The van der Waals surface area contributed by atoms with Crippen LogP contribution in [0.4, 0.5) is 0 Å². The first-order valence-corrected chi connectivity index (χ1v) is 9.90. The van der Waals surface area contributed by atoms with Crippen LogP contribution in [0.2, 0.25) is 5.02 Å². The lowest BCUT2D eigenvalue weighted by molar-refractivity contribution is 0.173. The molecule has 1 atom stereocenters. The average molecular weight is 389 g/mol. The molecule has 6 heteroatoms. The molecule has 0 aromatic heterocycles. The molecule has 0 radical (unpaired) electrons. The Kier molecular flexibility index (Phi) is 5.72. The van der Waals surface area contributed by atoms with Crippen LogP contribution in [-0.2, 0) is 0 Å². The molecule has 2 aromatic rings. The van der Waals surface area contributed by atoms with Gasteiger partial charge in [-0.15, -0.1) is 0 Å². The minimum atomic E-state index is 0.0413. The van der Waals surface area contributed by atoms with Crippen molar-refractivity contribution in [1.82, 2.24) is 10.2 Å². The molecule has 2 aliphatic heterocycles. The molecular formula is C21H25ClN2O3. The molecule has 2 heterocycles. The van der Waals surface area contributed by atoms with Crippen LogP contribution in [0.1, 0.15) is 30.5 Å². The number of halogens is 1. The second-order valence-electron chi connectivity index (χ2n) is 6.77. The third kappa shape index (κ3) is 4.00. The van der Waals surface area contributed by atoms with Gasteiger partial charge in [-0.3, -0.25) is 4.90 Å². The lowest BCUT2D eigenvalue weighted by Crippen LogP contribution is -2.33. The van der Waals surface area contributed by atoms with Crippen molar-refractivity contribution in [1.29, 1.82) is 0 Å². The normalized spacial score (nSPS) is 18.1. The van der Waals surface area contributed by atoms with Crippen LogP contribution in [0.25, 0.3) is 0 Å². The first-order chi connectivity index (χ1) is 13.3. The number of rotatable bonds is 5. The summed E-state index contributed by atoms with van der Waals surface area (Å²) in [6, 6.07) is 12.1. The molecule has 4 rings (SSSR count). The van der Waals surface area contributed by atoms with Crippen molar-refractivity contribution < 1.29 is 14.2 Å². The predicted molar refractivity (Wildman–Crippen MR) is 106 cm³/mol. The van der Waals surface area contributed by atoms with Gasteiger partial charge in [-0.1, -0.05) is 17.7 Å². The van der Waals surface area contributed by atoms with E-state index < -0.39 is 0 Å². The number of hydrogen-bond acceptors (Lipinski definition) is 5. The van der Waals surface area contributed by atoms with Gasteiger partial charge in [-0.25, -0.2) is 0 Å². The summed E-state index contributed by atoms with van der Waals surface area (Å²) in [5.41, 5.74) is 2.24. The van der Waals surface area contributed by atoms with Gasteiger partial charge in [0.2, 0.25) is 6.79 Å². The molecule has 1 N–H and O–H groups in total. The second kappa shape index (κ2) is 8.38. The summed E-state index contributed by atoms with van der Waals surface area (Å²) >= 11 is 6.38. The lowest BCUT2D eigenvalue weighted by atomic mass is 9.95. The van der Waals surface area contributed by atoms with Crippen LogP contribution in [0, 0.1) is 0 Å². The molecule has 0 bridgehead atoms. The van der Waals surface area contributed by atoms with Crippen LogP contribution in [-0.4, -0.2) is 44.5 Å². The van der Waals surface area contributed by atoms with Gasteiger partial charge in [0.1, 0.15) is 5.75 Å². The van der Waals surface area contributed by atoms with Gasteiger partial charge in [0.15, 0.2) is 11.5 Å². The quantitative estimate of drug-likeness (QED) is 0.842. The summed E-state index contributed by atoms with van der Waals surface area (Å²) in [5, 5.41) is 4.20. The highest BCUT2D eigenvalue weighted by molar-refractivity contribution is 6.30. The van der Waals surface area contributed by atoms with E-state index in [0.717, 1.165) is 61.0 Å². The Balaban J connectivity index is 1.80. The smallest absolute Gasteiger partial charge is 0.231 e. The zero-order chi connectivity index (χ0) is 18.6. The highest BCUT2D eigenvalue weighted by atomic mass is 35.5. The summed E-state index contributed by atoms with van der Waals surface area (Å²) in [6.07, 6.45) is 1.10. The van der Waals surface area contributed by atoms with Crippen molar-refractivity contribution in [3.63, 3.8) is 0 Å². The molecule has 0 saturated carbocycles. The molecular weight excluding hydrogens is 364 g/mol. The fourth-order valence-corrected chi connectivity index (χ4v) is 4.00. The predicted octanol–water partition coefficient (Wildman–Crippen LogP) is 3.85. The maximum absolute atomic E-state index is 6.38. The van der Waals surface area contributed by atoms with Crippen molar-refractivity contribution in [3.8, 4) is 17.2 Å². The fraction of sp³-hybridized carbons (Fsp3) is 0.429. The minimum Gasteiger partial charge on any atom is -0.494 e. The van der Waals surface area contributed by atoms with Crippen LogP contribution in [0.3, 0.4) is 0 Å². The Labute approximate surface area is 165 Å². The van der Waals surface area contributed by atoms with E-state index in [1.54, 1.807) is 0 Å². The highest BCUT2D eigenvalue weighted by Crippen LogP contribution is 2.41. The number of hydrogen-bond donors (Lipinski definition) is 1. The van der Waals surface area contributed by atoms with Crippen molar-refractivity contribution in [2.24, 2.45) is 0 Å². The van der Waals surface area contributed by atoms with E-state index in [2.05, 4.69) is 22.3 Å². The molecule has 1 fully saturated rings. The van der Waals surface area contributed by atoms with E-state index in [9.17, 15) is 0 Å². The van der Waals surface area contributed by atoms with Gasteiger partial charge < -0.3 is 19.5 Å². The maximum atomic E-state index is 6.38. The number of nitrogens with zero attached hydrogens (tertiary/aromatic N) is 1. The van der Waals surface area contributed by atoms with Crippen molar-refractivity contribution in [3.05, 3.63) is 52.5 Å². The maximum Gasteiger partial charge on any atom is 0.231 e. The van der Waals surface area contributed by atoms with Gasteiger partial charge in [-0.2, -0.15) is 0 Å². The Morgan fingerprint density at radius 3 is 2.89 bits per heavy atom. The average Bonchev–Trinajstić information content (AvgIpc) is 2.98. The third-order valence-electron chi connectivity index (χ3n) is 5.02. The number of benzene rings is 2. The fourth-order valence-electron chi connectivity index (χ4n) is 3.82. The van der Waals surface area contributed by atoms with Gasteiger partial charge in [0.25, 0.3) is 0 Å². The minimum absolute atomic E-state index is 0.0413. The zero-order valence-electron chi connectivity index (χ0n) is 15.5. The van der Waals surface area contributed by atoms with Crippen molar-refractivity contribution >= 4 is 11.6 Å². The summed E-state index contributed by atoms with van der Waals surface area (Å²) in [5.74, 6) is 2.47. The summed E-state index contributed by atoms with van der Waals surface area (Å²) in [6.45, 7) is 6.86. The van der Waals surface area contributed by atoms with E-state index in [1.165, 1.54) is 0 Å². The molecule has 1 saturated heterocycles. The monoisotopic (exact) mass is 388 g/mol. The number of ether oxygens (including phenoxy) is 3. The molecule has 27 heavy (non-hydrogen) atoms. The largest absolute Gasteiger partial charge is 0.494 e. The van der Waals surface area contributed by atoms with Crippen LogP contribution >= 0.6 is 11.6 Å². The number of nitrogens with one attached hydrogen (secondary N) is 1. The molecule has 1 unspecified atom stereocenters. The van der Waals surface area contributed by atoms with Crippen LogP contribution < -0.4 is 19.5 Å². The first kappa shape index (κ1) is 18.4. The highest BCUT2D eigenvalue weighted by Gasteiger charge is 2.28. The third-order valence-corrected chi connectivity index (χ3v) is 5.25. The Hall–Kier alpha value is -1.95. The van der Waals surface area contributed by atoms with E-state index in [1.807, 2.05) is 31.2 Å². The van der Waals surface area contributed by atoms with Crippen molar-refractivity contribution in [2.75, 3.05) is 39.6 Å². The lowest BCUT2D eigenvalue weighted by Gasteiger charge is -2.32. The number of fused-ring (bicyclic) bond motifs is 1. The second-order valence-corrected chi connectivity index (χ2v) is 7.21. The Bertz CT molecular complexity index is 791. The van der Waals surface area contributed by atoms with Crippen LogP contribution in [0.5, 0.6) is 17.2 Å². The Morgan fingerprint density at radius 2 is 2.00 bits per heavy atom.